The zero-order valence-electron chi connectivity index (χ0n) is 9.62. The second-order valence-corrected chi connectivity index (χ2v) is 4.23. The fourth-order valence-electron chi connectivity index (χ4n) is 1.41. The van der Waals surface area contributed by atoms with Gasteiger partial charge in [-0.15, -0.1) is 0 Å². The van der Waals surface area contributed by atoms with Gasteiger partial charge >= 0.3 is 6.18 Å². The van der Waals surface area contributed by atoms with E-state index < -0.39 is 23.4 Å². The molecule has 0 aromatic heterocycles. The Bertz CT molecular complexity index is 368. The Balaban J connectivity index is 2.96. The Labute approximate surface area is 97.7 Å². The van der Waals surface area contributed by atoms with Gasteiger partial charge < -0.3 is 10.2 Å². The Kier molecular flexibility index (Phi) is 3.84. The van der Waals surface area contributed by atoms with Crippen LogP contribution in [0.4, 0.5) is 13.2 Å². The summed E-state index contributed by atoms with van der Waals surface area (Å²) in [6.07, 6.45) is -5.29. The van der Waals surface area contributed by atoms with Crippen molar-refractivity contribution in [3.63, 3.8) is 0 Å². The van der Waals surface area contributed by atoms with Crippen LogP contribution in [0.3, 0.4) is 0 Å². The molecule has 0 saturated carbocycles. The first kappa shape index (κ1) is 14.0. The van der Waals surface area contributed by atoms with Crippen LogP contribution in [0, 0.1) is 0 Å². The largest absolute Gasteiger partial charge is 0.416 e. The molecule has 2 atom stereocenters. The summed E-state index contributed by atoms with van der Waals surface area (Å²) in [5.74, 6) is 0. The minimum absolute atomic E-state index is 0.268. The highest BCUT2D eigenvalue weighted by Crippen LogP contribution is 2.32. The molecule has 0 spiro atoms. The Morgan fingerprint density at radius 2 is 1.65 bits per heavy atom. The summed E-state index contributed by atoms with van der Waals surface area (Å²) in [6, 6.07) is 4.14. The third-order valence-corrected chi connectivity index (χ3v) is 2.86. The molecule has 0 radical (unpaired) electrons. The maximum Gasteiger partial charge on any atom is 0.416 e. The third kappa shape index (κ3) is 3.20. The lowest BCUT2D eigenvalue weighted by atomic mass is 9.90. The van der Waals surface area contributed by atoms with Crippen LogP contribution in [0.5, 0.6) is 0 Å². The van der Waals surface area contributed by atoms with E-state index in [4.69, 9.17) is 0 Å². The lowest BCUT2D eigenvalue weighted by Gasteiger charge is -2.28. The first-order valence-corrected chi connectivity index (χ1v) is 5.26. The van der Waals surface area contributed by atoms with E-state index in [0.717, 1.165) is 12.1 Å². The van der Waals surface area contributed by atoms with E-state index >= 15 is 0 Å². The Morgan fingerprint density at radius 1 is 1.18 bits per heavy atom. The SMILES string of the molecule is CCC(C)(O)C(O)c1ccc(C(F)(F)F)cc1. The second-order valence-electron chi connectivity index (χ2n) is 4.23. The molecule has 0 fully saturated rings. The van der Waals surface area contributed by atoms with E-state index in [0.29, 0.717) is 6.42 Å². The number of aliphatic hydroxyl groups excluding tert-OH is 1. The first-order chi connectivity index (χ1) is 7.68. The number of hydrogen-bond acceptors (Lipinski definition) is 2. The second kappa shape index (κ2) is 4.66. The molecule has 2 N–H and O–H groups in total. The maximum atomic E-state index is 12.3. The van der Waals surface area contributed by atoms with E-state index in [1.165, 1.54) is 19.1 Å². The number of rotatable bonds is 3. The van der Waals surface area contributed by atoms with Gasteiger partial charge in [0.05, 0.1) is 11.2 Å². The third-order valence-electron chi connectivity index (χ3n) is 2.86. The van der Waals surface area contributed by atoms with Crippen LogP contribution >= 0.6 is 0 Å². The quantitative estimate of drug-likeness (QED) is 0.863. The van der Waals surface area contributed by atoms with Gasteiger partial charge in [0.25, 0.3) is 0 Å². The van der Waals surface area contributed by atoms with Crippen LogP contribution in [-0.4, -0.2) is 15.8 Å². The van der Waals surface area contributed by atoms with Gasteiger partial charge in [-0.05, 0) is 31.0 Å². The van der Waals surface area contributed by atoms with Crippen LogP contribution in [-0.2, 0) is 6.18 Å². The van der Waals surface area contributed by atoms with Crippen LogP contribution in [0.15, 0.2) is 24.3 Å². The summed E-state index contributed by atoms with van der Waals surface area (Å²) in [7, 11) is 0. The lowest BCUT2D eigenvalue weighted by Crippen LogP contribution is -2.31. The maximum absolute atomic E-state index is 12.3. The zero-order chi connectivity index (χ0) is 13.3. The van der Waals surface area contributed by atoms with Crippen LogP contribution in [0.1, 0.15) is 37.5 Å². The standard InChI is InChI=1S/C12H15F3O2/c1-3-11(2,17)10(16)8-4-6-9(7-5-8)12(13,14)15/h4-7,10,16-17H,3H2,1-2H3. The summed E-state index contributed by atoms with van der Waals surface area (Å²) < 4.78 is 36.9. The molecule has 2 nitrogen and oxygen atoms in total. The predicted molar refractivity (Wildman–Crippen MR) is 57.3 cm³/mol. The van der Waals surface area contributed by atoms with Gasteiger partial charge in [0.1, 0.15) is 6.10 Å². The number of alkyl halides is 3. The summed E-state index contributed by atoms with van der Waals surface area (Å²) >= 11 is 0. The fourth-order valence-corrected chi connectivity index (χ4v) is 1.41. The summed E-state index contributed by atoms with van der Waals surface area (Å²) in [5.41, 5.74) is -1.85. The van der Waals surface area contributed by atoms with Crippen molar-refractivity contribution >= 4 is 0 Å². The first-order valence-electron chi connectivity index (χ1n) is 5.26. The molecule has 1 aromatic rings. The monoisotopic (exact) mass is 248 g/mol. The summed E-state index contributed by atoms with van der Waals surface area (Å²) in [6.45, 7) is 3.13. The average molecular weight is 248 g/mol. The number of hydrogen-bond donors (Lipinski definition) is 2. The molecular weight excluding hydrogens is 233 g/mol. The molecule has 0 heterocycles. The fraction of sp³-hybridized carbons (Fsp3) is 0.500. The van der Waals surface area contributed by atoms with Crippen LogP contribution in [0.2, 0.25) is 0 Å². The molecule has 5 heteroatoms. The minimum Gasteiger partial charge on any atom is -0.387 e. The van der Waals surface area contributed by atoms with Gasteiger partial charge in [0.15, 0.2) is 0 Å². The van der Waals surface area contributed by atoms with Gasteiger partial charge in [-0.1, -0.05) is 19.1 Å². The van der Waals surface area contributed by atoms with E-state index in [1.807, 2.05) is 0 Å². The smallest absolute Gasteiger partial charge is 0.387 e. The number of benzene rings is 1. The molecule has 96 valence electrons. The molecule has 2 unspecified atom stereocenters. The van der Waals surface area contributed by atoms with Gasteiger partial charge in [-0.25, -0.2) is 0 Å². The summed E-state index contributed by atoms with van der Waals surface area (Å²) in [4.78, 5) is 0. The molecule has 17 heavy (non-hydrogen) atoms. The van der Waals surface area contributed by atoms with Crippen LogP contribution in [0.25, 0.3) is 0 Å². The molecule has 0 aliphatic rings. The van der Waals surface area contributed by atoms with E-state index in [1.54, 1.807) is 6.92 Å². The minimum atomic E-state index is -4.39. The molecule has 0 aliphatic heterocycles. The van der Waals surface area contributed by atoms with Crippen molar-refractivity contribution in [3.05, 3.63) is 35.4 Å². The van der Waals surface area contributed by atoms with Crippen molar-refractivity contribution in [2.24, 2.45) is 0 Å². The Hall–Kier alpha value is -1.07. The molecule has 1 aromatic carbocycles. The molecule has 0 saturated heterocycles. The normalized spacial score (nSPS) is 17.6. The van der Waals surface area contributed by atoms with Gasteiger partial charge in [-0.2, -0.15) is 13.2 Å². The van der Waals surface area contributed by atoms with E-state index in [2.05, 4.69) is 0 Å². The van der Waals surface area contributed by atoms with Crippen molar-refractivity contribution in [2.45, 2.75) is 38.1 Å². The van der Waals surface area contributed by atoms with Crippen molar-refractivity contribution in [1.82, 2.24) is 0 Å². The molecule has 1 rings (SSSR count). The van der Waals surface area contributed by atoms with Crippen molar-refractivity contribution in [3.8, 4) is 0 Å². The molecule has 0 aliphatic carbocycles. The van der Waals surface area contributed by atoms with Gasteiger partial charge in [0, 0.05) is 0 Å². The molecule has 0 amide bonds. The van der Waals surface area contributed by atoms with Crippen molar-refractivity contribution in [2.75, 3.05) is 0 Å². The molecular formula is C12H15F3O2. The number of aliphatic hydroxyl groups is 2. The van der Waals surface area contributed by atoms with E-state index in [-0.39, 0.29) is 5.56 Å². The highest BCUT2D eigenvalue weighted by molar-refractivity contribution is 5.27. The highest BCUT2D eigenvalue weighted by Gasteiger charge is 2.32. The predicted octanol–water partition coefficient (Wildman–Crippen LogP) is 2.90. The van der Waals surface area contributed by atoms with E-state index in [9.17, 15) is 23.4 Å². The Morgan fingerprint density at radius 3 is 2.00 bits per heavy atom. The highest BCUT2D eigenvalue weighted by atomic mass is 19.4. The lowest BCUT2D eigenvalue weighted by molar-refractivity contribution is -0.137. The van der Waals surface area contributed by atoms with Crippen molar-refractivity contribution < 1.29 is 23.4 Å². The average Bonchev–Trinajstić information content (AvgIpc) is 2.27. The van der Waals surface area contributed by atoms with Crippen LogP contribution < -0.4 is 0 Å². The zero-order valence-corrected chi connectivity index (χ0v) is 9.62. The van der Waals surface area contributed by atoms with Gasteiger partial charge in [-0.3, -0.25) is 0 Å². The number of halogens is 3. The van der Waals surface area contributed by atoms with Crippen molar-refractivity contribution in [1.29, 1.82) is 0 Å². The topological polar surface area (TPSA) is 40.5 Å². The molecule has 0 bridgehead atoms. The van der Waals surface area contributed by atoms with Gasteiger partial charge in [0.2, 0.25) is 0 Å². The summed E-state index contributed by atoms with van der Waals surface area (Å²) in [5, 5.41) is 19.6.